The topological polar surface area (TPSA) is 56.8 Å². The van der Waals surface area contributed by atoms with Gasteiger partial charge in [0.15, 0.2) is 0 Å². The Kier molecular flexibility index (Phi) is 5.88. The van der Waals surface area contributed by atoms with E-state index in [4.69, 9.17) is 14.2 Å². The van der Waals surface area contributed by atoms with Crippen molar-refractivity contribution in [1.29, 1.82) is 0 Å². The number of hydrogen-bond donors (Lipinski definition) is 1. The van der Waals surface area contributed by atoms with Gasteiger partial charge in [0, 0.05) is 23.1 Å². The van der Waals surface area contributed by atoms with Crippen molar-refractivity contribution in [3.05, 3.63) is 64.5 Å². The third kappa shape index (κ3) is 4.52. The number of nitrogens with one attached hydrogen (secondary N) is 1. The summed E-state index contributed by atoms with van der Waals surface area (Å²) in [5.74, 6) is 0.344. The largest absolute Gasteiger partial charge is 0.489 e. The number of ether oxygens (including phenoxy) is 3. The summed E-state index contributed by atoms with van der Waals surface area (Å²) in [6, 6.07) is 12.2. The molecule has 1 aliphatic rings. The van der Waals surface area contributed by atoms with Gasteiger partial charge in [-0.05, 0) is 36.4 Å². The number of halogens is 3. The fraction of sp³-hybridized carbons (Fsp3) is 0.227. The van der Waals surface area contributed by atoms with E-state index in [-0.39, 0.29) is 24.7 Å². The Morgan fingerprint density at radius 3 is 2.74 bits per heavy atom. The fourth-order valence-corrected chi connectivity index (χ4v) is 4.25. The maximum atomic E-state index is 13.2. The Morgan fingerprint density at radius 2 is 1.97 bits per heavy atom. The summed E-state index contributed by atoms with van der Waals surface area (Å²) < 4.78 is 55.6. The number of alkyl halides is 3. The number of carbonyl (C=O) groups is 1. The predicted molar refractivity (Wildman–Crippen MR) is 111 cm³/mol. The van der Waals surface area contributed by atoms with Crippen molar-refractivity contribution in [3.63, 3.8) is 0 Å². The lowest BCUT2D eigenvalue weighted by molar-refractivity contribution is -0.137. The quantitative estimate of drug-likeness (QED) is 0.498. The zero-order chi connectivity index (χ0) is 22.0. The third-order valence-electron chi connectivity index (χ3n) is 4.65. The molecule has 2 aromatic carbocycles. The highest BCUT2D eigenvalue weighted by molar-refractivity contribution is 7.17. The van der Waals surface area contributed by atoms with Gasteiger partial charge in [0.1, 0.15) is 24.7 Å². The summed E-state index contributed by atoms with van der Waals surface area (Å²) in [6.45, 7) is 0.711. The van der Waals surface area contributed by atoms with Crippen LogP contribution in [0.5, 0.6) is 11.5 Å². The Bertz CT molecular complexity index is 1110. The minimum atomic E-state index is -4.55. The Hall–Kier alpha value is -3.04. The first kappa shape index (κ1) is 21.2. The minimum Gasteiger partial charge on any atom is -0.489 e. The van der Waals surface area contributed by atoms with Crippen molar-refractivity contribution in [3.8, 4) is 21.9 Å². The van der Waals surface area contributed by atoms with Gasteiger partial charge in [-0.1, -0.05) is 12.1 Å². The fourth-order valence-electron chi connectivity index (χ4n) is 3.16. The molecule has 0 radical (unpaired) electrons. The monoisotopic (exact) mass is 449 g/mol. The van der Waals surface area contributed by atoms with Crippen LogP contribution in [-0.2, 0) is 17.5 Å². The summed E-state index contributed by atoms with van der Waals surface area (Å²) in [6.07, 6.45) is -4.55. The smallest absolute Gasteiger partial charge is 0.416 e. The highest BCUT2D eigenvalue weighted by Gasteiger charge is 2.31. The number of rotatable bonds is 6. The van der Waals surface area contributed by atoms with Gasteiger partial charge in [0.05, 0.1) is 22.7 Å². The van der Waals surface area contributed by atoms with E-state index >= 15 is 0 Å². The average molecular weight is 449 g/mol. The lowest BCUT2D eigenvalue weighted by Crippen LogP contribution is -2.14. The molecular weight excluding hydrogens is 431 g/mol. The molecule has 1 aromatic heterocycles. The molecule has 2 heterocycles. The minimum absolute atomic E-state index is 0.0565. The second kappa shape index (κ2) is 8.60. The number of thiophene rings is 1. The van der Waals surface area contributed by atoms with Crippen LogP contribution in [0.4, 0.5) is 18.9 Å². The van der Waals surface area contributed by atoms with Gasteiger partial charge in [-0.15, -0.1) is 11.3 Å². The summed E-state index contributed by atoms with van der Waals surface area (Å²) in [5, 5.41) is 2.56. The van der Waals surface area contributed by atoms with E-state index in [2.05, 4.69) is 5.32 Å². The molecule has 0 fully saturated rings. The highest BCUT2D eigenvalue weighted by Crippen LogP contribution is 2.42. The maximum Gasteiger partial charge on any atom is 0.416 e. The molecule has 0 saturated heterocycles. The summed E-state index contributed by atoms with van der Waals surface area (Å²) in [5.41, 5.74) is 0.804. The molecular formula is C22H18F3NO4S. The second-order valence-electron chi connectivity index (χ2n) is 6.75. The first-order valence-corrected chi connectivity index (χ1v) is 10.2. The molecule has 5 nitrogen and oxygen atoms in total. The Morgan fingerprint density at radius 1 is 1.16 bits per heavy atom. The van der Waals surface area contributed by atoms with Gasteiger partial charge in [0.25, 0.3) is 5.91 Å². The van der Waals surface area contributed by atoms with Crippen molar-refractivity contribution >= 4 is 22.9 Å². The number of benzene rings is 2. The Labute approximate surface area is 180 Å². The van der Waals surface area contributed by atoms with Crippen LogP contribution in [0.2, 0.25) is 0 Å². The van der Waals surface area contributed by atoms with Gasteiger partial charge in [0.2, 0.25) is 0 Å². The molecule has 3 aromatic rings. The molecule has 9 heteroatoms. The predicted octanol–water partition coefficient (Wildman–Crippen LogP) is 5.60. The number of hydrogen-bond acceptors (Lipinski definition) is 5. The SMILES string of the molecule is COCCOc1ccc(C(F)(F)F)cc1NC(=O)c1cc2c(s1)-c1ccccc1OC2. The number of carbonyl (C=O) groups excluding carboxylic acids is 1. The van der Waals surface area contributed by atoms with Crippen LogP contribution in [-0.4, -0.2) is 26.2 Å². The molecule has 0 saturated carbocycles. The molecule has 1 amide bonds. The van der Waals surface area contributed by atoms with Gasteiger partial charge in [-0.3, -0.25) is 4.79 Å². The standard InChI is InChI=1S/C22H18F3NO4S/c1-28-8-9-29-18-7-6-14(22(23,24)25)11-16(18)26-21(27)19-10-13-12-30-17-5-3-2-4-15(17)20(13)31-19/h2-7,10-11H,8-9,12H2,1H3,(H,26,27). The van der Waals surface area contributed by atoms with Gasteiger partial charge in [-0.2, -0.15) is 13.2 Å². The van der Waals surface area contributed by atoms with Gasteiger partial charge in [-0.25, -0.2) is 0 Å². The third-order valence-corrected chi connectivity index (χ3v) is 5.86. The van der Waals surface area contributed by atoms with Crippen LogP contribution in [0.25, 0.3) is 10.4 Å². The zero-order valence-electron chi connectivity index (χ0n) is 16.4. The normalized spacial score (nSPS) is 12.5. The van der Waals surface area contributed by atoms with Crippen molar-refractivity contribution in [1.82, 2.24) is 0 Å². The molecule has 1 aliphatic heterocycles. The van der Waals surface area contributed by atoms with Crippen LogP contribution in [0.15, 0.2) is 48.5 Å². The highest BCUT2D eigenvalue weighted by atomic mass is 32.1. The van der Waals surface area contributed by atoms with E-state index in [0.29, 0.717) is 11.5 Å². The van der Waals surface area contributed by atoms with Crippen molar-refractivity contribution in [2.24, 2.45) is 0 Å². The van der Waals surface area contributed by atoms with Crippen LogP contribution in [0.3, 0.4) is 0 Å². The van der Waals surface area contributed by atoms with E-state index < -0.39 is 17.6 Å². The van der Waals surface area contributed by atoms with E-state index in [1.165, 1.54) is 24.5 Å². The number of anilines is 1. The van der Waals surface area contributed by atoms with Crippen LogP contribution in [0, 0.1) is 0 Å². The molecule has 0 aliphatic carbocycles. The lowest BCUT2D eigenvalue weighted by Gasteiger charge is -2.16. The van der Waals surface area contributed by atoms with Crippen LogP contribution in [0.1, 0.15) is 20.8 Å². The molecule has 0 spiro atoms. The first-order chi connectivity index (χ1) is 14.9. The van der Waals surface area contributed by atoms with Gasteiger partial charge < -0.3 is 19.5 Å². The zero-order valence-corrected chi connectivity index (χ0v) is 17.2. The first-order valence-electron chi connectivity index (χ1n) is 9.36. The average Bonchev–Trinajstić information content (AvgIpc) is 3.19. The molecule has 0 unspecified atom stereocenters. The number of fused-ring (bicyclic) bond motifs is 3. The van der Waals surface area contributed by atoms with Gasteiger partial charge >= 0.3 is 6.18 Å². The van der Waals surface area contributed by atoms with E-state index in [1.54, 1.807) is 6.07 Å². The number of para-hydroxylation sites is 1. The molecule has 31 heavy (non-hydrogen) atoms. The second-order valence-corrected chi connectivity index (χ2v) is 7.81. The molecule has 0 bridgehead atoms. The molecule has 4 rings (SSSR count). The van der Waals surface area contributed by atoms with E-state index in [1.807, 2.05) is 24.3 Å². The van der Waals surface area contributed by atoms with Crippen molar-refractivity contribution < 1.29 is 32.2 Å². The number of methoxy groups -OCH3 is 1. The van der Waals surface area contributed by atoms with Crippen LogP contribution < -0.4 is 14.8 Å². The number of amides is 1. The van der Waals surface area contributed by atoms with Crippen molar-refractivity contribution in [2.75, 3.05) is 25.6 Å². The molecule has 1 N–H and O–H groups in total. The lowest BCUT2D eigenvalue weighted by atomic mass is 10.1. The summed E-state index contributed by atoms with van der Waals surface area (Å²) in [4.78, 5) is 14.2. The van der Waals surface area contributed by atoms with Crippen LogP contribution >= 0.6 is 11.3 Å². The Balaban J connectivity index is 1.62. The maximum absolute atomic E-state index is 13.2. The van der Waals surface area contributed by atoms with E-state index in [0.717, 1.165) is 33.9 Å². The van der Waals surface area contributed by atoms with Crippen molar-refractivity contribution in [2.45, 2.75) is 12.8 Å². The molecule has 0 atom stereocenters. The summed E-state index contributed by atoms with van der Waals surface area (Å²) in [7, 11) is 1.49. The molecule has 162 valence electrons. The summed E-state index contributed by atoms with van der Waals surface area (Å²) >= 11 is 1.27. The van der Waals surface area contributed by atoms with E-state index in [9.17, 15) is 18.0 Å².